The van der Waals surface area contributed by atoms with Crippen molar-refractivity contribution in [3.8, 4) is 5.75 Å². The van der Waals surface area contributed by atoms with Crippen LogP contribution in [0.2, 0.25) is 0 Å². The molecule has 2 rings (SSSR count). The van der Waals surface area contributed by atoms with Gasteiger partial charge in [-0.25, -0.2) is 0 Å². The number of benzene rings is 1. The van der Waals surface area contributed by atoms with E-state index in [2.05, 4.69) is 31.2 Å². The summed E-state index contributed by atoms with van der Waals surface area (Å²) in [5.41, 5.74) is 1.50. The van der Waals surface area contributed by atoms with Gasteiger partial charge in [-0.1, -0.05) is 25.5 Å². The average molecular weight is 232 g/mol. The number of ether oxygens (including phenoxy) is 1. The van der Waals surface area contributed by atoms with Crippen LogP contribution in [0.15, 0.2) is 24.3 Å². The minimum atomic E-state index is 0.751. The van der Waals surface area contributed by atoms with Crippen LogP contribution in [-0.4, -0.2) is 6.61 Å². The van der Waals surface area contributed by atoms with Crippen LogP contribution in [0.1, 0.15) is 57.4 Å². The molecule has 0 unspecified atom stereocenters. The molecule has 0 aliphatic heterocycles. The Morgan fingerprint density at radius 3 is 2.18 bits per heavy atom. The Kier molecular flexibility index (Phi) is 4.47. The topological polar surface area (TPSA) is 9.23 Å². The molecule has 0 radical (unpaired) electrons. The Morgan fingerprint density at radius 2 is 1.65 bits per heavy atom. The van der Waals surface area contributed by atoms with Gasteiger partial charge in [-0.2, -0.15) is 0 Å². The molecule has 0 spiro atoms. The Labute approximate surface area is 105 Å². The van der Waals surface area contributed by atoms with Gasteiger partial charge in [-0.3, -0.25) is 0 Å². The van der Waals surface area contributed by atoms with Gasteiger partial charge in [0.15, 0.2) is 0 Å². The summed E-state index contributed by atoms with van der Waals surface area (Å²) < 4.78 is 5.48. The van der Waals surface area contributed by atoms with E-state index < -0.39 is 0 Å². The molecule has 17 heavy (non-hydrogen) atoms. The fourth-order valence-corrected chi connectivity index (χ4v) is 2.91. The fourth-order valence-electron chi connectivity index (χ4n) is 2.91. The maximum Gasteiger partial charge on any atom is 0.119 e. The third-order valence-electron chi connectivity index (χ3n) is 4.09. The summed E-state index contributed by atoms with van der Waals surface area (Å²) in [6.07, 6.45) is 6.91. The number of hydrogen-bond donors (Lipinski definition) is 0. The van der Waals surface area contributed by atoms with Crippen LogP contribution in [0.25, 0.3) is 0 Å². The zero-order chi connectivity index (χ0) is 12.1. The molecule has 0 saturated heterocycles. The van der Waals surface area contributed by atoms with Crippen molar-refractivity contribution >= 4 is 0 Å². The van der Waals surface area contributed by atoms with Crippen molar-refractivity contribution < 1.29 is 4.74 Å². The second-order valence-electron chi connectivity index (χ2n) is 5.13. The van der Waals surface area contributed by atoms with E-state index in [1.54, 1.807) is 0 Å². The van der Waals surface area contributed by atoms with E-state index in [1.165, 1.54) is 37.7 Å². The van der Waals surface area contributed by atoms with E-state index in [-0.39, 0.29) is 0 Å². The van der Waals surface area contributed by atoms with Crippen LogP contribution >= 0.6 is 0 Å². The molecule has 1 aromatic rings. The summed E-state index contributed by atoms with van der Waals surface area (Å²) in [4.78, 5) is 0. The largest absolute Gasteiger partial charge is 0.494 e. The van der Waals surface area contributed by atoms with Crippen molar-refractivity contribution in [2.75, 3.05) is 6.61 Å². The average Bonchev–Trinajstić information content (AvgIpc) is 2.40. The summed E-state index contributed by atoms with van der Waals surface area (Å²) in [6.45, 7) is 5.10. The van der Waals surface area contributed by atoms with Crippen LogP contribution in [0, 0.1) is 5.92 Å². The second kappa shape index (κ2) is 6.09. The first-order valence-electron chi connectivity index (χ1n) is 7.06. The molecule has 1 aromatic carbocycles. The summed E-state index contributed by atoms with van der Waals surface area (Å²) in [6, 6.07) is 8.74. The molecule has 0 atom stereocenters. The molecule has 1 nitrogen and oxygen atoms in total. The normalized spacial score (nSPS) is 24.6. The molecule has 0 aromatic heterocycles. The summed E-state index contributed by atoms with van der Waals surface area (Å²) in [7, 11) is 0. The molecule has 0 amide bonds. The van der Waals surface area contributed by atoms with Crippen molar-refractivity contribution in [1.82, 2.24) is 0 Å². The molecule has 0 bridgehead atoms. The monoisotopic (exact) mass is 232 g/mol. The van der Waals surface area contributed by atoms with Gasteiger partial charge in [0.25, 0.3) is 0 Å². The molecule has 1 aliphatic rings. The molecule has 0 N–H and O–H groups in total. The maximum atomic E-state index is 5.48. The van der Waals surface area contributed by atoms with Crippen molar-refractivity contribution in [1.29, 1.82) is 0 Å². The van der Waals surface area contributed by atoms with Gasteiger partial charge < -0.3 is 4.74 Å². The highest BCUT2D eigenvalue weighted by Gasteiger charge is 2.20. The second-order valence-corrected chi connectivity index (χ2v) is 5.13. The minimum absolute atomic E-state index is 0.751. The fraction of sp³-hybridized carbons (Fsp3) is 0.625. The predicted octanol–water partition coefficient (Wildman–Crippen LogP) is 4.77. The molecule has 1 heteroatoms. The molecular weight excluding hydrogens is 208 g/mol. The van der Waals surface area contributed by atoms with Crippen LogP contribution in [0.4, 0.5) is 0 Å². The van der Waals surface area contributed by atoms with E-state index in [9.17, 15) is 0 Å². The van der Waals surface area contributed by atoms with Gasteiger partial charge in [-0.05, 0) is 62.1 Å². The van der Waals surface area contributed by atoms with E-state index in [0.717, 1.165) is 24.2 Å². The lowest BCUT2D eigenvalue weighted by atomic mass is 9.78. The highest BCUT2D eigenvalue weighted by Crippen LogP contribution is 2.37. The first-order valence-corrected chi connectivity index (χ1v) is 7.06. The predicted molar refractivity (Wildman–Crippen MR) is 72.6 cm³/mol. The summed E-state index contributed by atoms with van der Waals surface area (Å²) in [5, 5.41) is 0. The third kappa shape index (κ3) is 3.24. The highest BCUT2D eigenvalue weighted by molar-refractivity contribution is 5.29. The molecule has 1 aliphatic carbocycles. The quantitative estimate of drug-likeness (QED) is 0.726. The summed E-state index contributed by atoms with van der Waals surface area (Å²) in [5.74, 6) is 2.76. The van der Waals surface area contributed by atoms with Crippen LogP contribution in [0.5, 0.6) is 5.75 Å². The molecular formula is C16H24O. The number of hydrogen-bond acceptors (Lipinski definition) is 1. The smallest absolute Gasteiger partial charge is 0.119 e. The van der Waals surface area contributed by atoms with Crippen molar-refractivity contribution in [3.63, 3.8) is 0 Å². The lowest BCUT2D eigenvalue weighted by Gasteiger charge is -2.28. The van der Waals surface area contributed by atoms with E-state index in [1.807, 2.05) is 6.92 Å². The zero-order valence-electron chi connectivity index (χ0n) is 11.1. The van der Waals surface area contributed by atoms with Crippen LogP contribution in [-0.2, 0) is 0 Å². The lowest BCUT2D eigenvalue weighted by molar-refractivity contribution is 0.318. The third-order valence-corrected chi connectivity index (χ3v) is 4.09. The Balaban J connectivity index is 1.94. The van der Waals surface area contributed by atoms with Crippen molar-refractivity contribution in [3.05, 3.63) is 29.8 Å². The minimum Gasteiger partial charge on any atom is -0.494 e. The lowest BCUT2D eigenvalue weighted by Crippen LogP contribution is -2.12. The van der Waals surface area contributed by atoms with Crippen molar-refractivity contribution in [2.24, 2.45) is 5.92 Å². The first kappa shape index (κ1) is 12.5. The van der Waals surface area contributed by atoms with E-state index in [0.29, 0.717) is 0 Å². The van der Waals surface area contributed by atoms with E-state index >= 15 is 0 Å². The maximum absolute atomic E-state index is 5.48. The summed E-state index contributed by atoms with van der Waals surface area (Å²) >= 11 is 0. The van der Waals surface area contributed by atoms with Gasteiger partial charge in [-0.15, -0.1) is 0 Å². The van der Waals surface area contributed by atoms with Crippen LogP contribution in [0.3, 0.4) is 0 Å². The Morgan fingerprint density at radius 1 is 1.00 bits per heavy atom. The van der Waals surface area contributed by atoms with Gasteiger partial charge in [0.05, 0.1) is 6.61 Å². The van der Waals surface area contributed by atoms with Gasteiger partial charge in [0, 0.05) is 0 Å². The molecule has 0 heterocycles. The Bertz CT molecular complexity index is 320. The van der Waals surface area contributed by atoms with E-state index in [4.69, 9.17) is 4.74 Å². The zero-order valence-corrected chi connectivity index (χ0v) is 11.1. The van der Waals surface area contributed by atoms with Crippen molar-refractivity contribution in [2.45, 2.75) is 51.9 Å². The molecule has 1 saturated carbocycles. The molecule has 94 valence electrons. The highest BCUT2D eigenvalue weighted by atomic mass is 16.5. The standard InChI is InChI=1S/C16H24O/c1-3-13-5-7-14(8-6-13)15-9-11-16(12-10-15)17-4-2/h9-14H,3-8H2,1-2H3. The van der Waals surface area contributed by atoms with Gasteiger partial charge >= 0.3 is 0 Å². The van der Waals surface area contributed by atoms with Gasteiger partial charge in [0.2, 0.25) is 0 Å². The first-order chi connectivity index (χ1) is 8.33. The SMILES string of the molecule is CCOc1ccc(C2CCC(CC)CC2)cc1. The van der Waals surface area contributed by atoms with Gasteiger partial charge in [0.1, 0.15) is 5.75 Å². The van der Waals surface area contributed by atoms with Crippen LogP contribution < -0.4 is 4.74 Å². The molecule has 1 fully saturated rings. The Hall–Kier alpha value is -0.980. The number of rotatable bonds is 4.